The van der Waals surface area contributed by atoms with Gasteiger partial charge in [-0.05, 0) is 31.0 Å². The van der Waals surface area contributed by atoms with Crippen LogP contribution in [0.1, 0.15) is 25.3 Å². The summed E-state index contributed by atoms with van der Waals surface area (Å²) in [6.07, 6.45) is 1.52. The highest BCUT2D eigenvalue weighted by atomic mass is 32.2. The molecule has 114 valence electrons. The number of nitrogens with two attached hydrogens (primary N) is 1. The lowest BCUT2D eigenvalue weighted by molar-refractivity contribution is 0.133. The molecule has 0 saturated heterocycles. The van der Waals surface area contributed by atoms with Crippen molar-refractivity contribution in [1.82, 2.24) is 4.72 Å². The Morgan fingerprint density at radius 1 is 1.35 bits per heavy atom. The minimum atomic E-state index is -3.63. The normalized spacial score (nSPS) is 11.8. The SMILES string of the molecule is CCCOCCCNS(=O)(=O)c1ccc(F)c(CN)c1. The van der Waals surface area contributed by atoms with Gasteiger partial charge in [-0.3, -0.25) is 0 Å². The monoisotopic (exact) mass is 304 g/mol. The van der Waals surface area contributed by atoms with Gasteiger partial charge >= 0.3 is 0 Å². The Hall–Kier alpha value is -1.02. The smallest absolute Gasteiger partial charge is 0.240 e. The molecule has 1 aromatic rings. The quantitative estimate of drug-likeness (QED) is 0.675. The van der Waals surface area contributed by atoms with Gasteiger partial charge in [0.25, 0.3) is 0 Å². The predicted octanol–water partition coefficient (Wildman–Crippen LogP) is 1.38. The van der Waals surface area contributed by atoms with Crippen LogP contribution >= 0.6 is 0 Å². The molecule has 7 heteroatoms. The van der Waals surface area contributed by atoms with Gasteiger partial charge in [-0.15, -0.1) is 0 Å². The predicted molar refractivity (Wildman–Crippen MR) is 75.2 cm³/mol. The van der Waals surface area contributed by atoms with E-state index in [1.54, 1.807) is 0 Å². The molecule has 0 heterocycles. The molecule has 5 nitrogen and oxygen atoms in total. The Morgan fingerprint density at radius 2 is 2.10 bits per heavy atom. The van der Waals surface area contributed by atoms with Gasteiger partial charge in [-0.2, -0.15) is 0 Å². The average Bonchev–Trinajstić information content (AvgIpc) is 2.43. The number of hydrogen-bond donors (Lipinski definition) is 2. The van der Waals surface area contributed by atoms with E-state index >= 15 is 0 Å². The Morgan fingerprint density at radius 3 is 2.75 bits per heavy atom. The number of rotatable bonds is 9. The number of nitrogens with one attached hydrogen (secondary N) is 1. The van der Waals surface area contributed by atoms with Crippen molar-refractivity contribution < 1.29 is 17.5 Å². The zero-order chi connectivity index (χ0) is 15.0. The van der Waals surface area contributed by atoms with Gasteiger partial charge in [0.2, 0.25) is 10.0 Å². The number of benzene rings is 1. The Balaban J connectivity index is 2.56. The topological polar surface area (TPSA) is 81.4 Å². The summed E-state index contributed by atoms with van der Waals surface area (Å²) in [6, 6.07) is 3.59. The summed E-state index contributed by atoms with van der Waals surface area (Å²) in [5.74, 6) is -0.501. The number of halogens is 1. The van der Waals surface area contributed by atoms with Gasteiger partial charge in [0.05, 0.1) is 4.90 Å². The van der Waals surface area contributed by atoms with E-state index in [2.05, 4.69) is 4.72 Å². The summed E-state index contributed by atoms with van der Waals surface area (Å²) in [7, 11) is -3.63. The standard InChI is InChI=1S/C13H21FN2O3S/c1-2-7-19-8-3-6-16-20(17,18)12-4-5-13(14)11(9-12)10-15/h4-5,9,16H,2-3,6-8,10,15H2,1H3. The van der Waals surface area contributed by atoms with Crippen LogP contribution in [0.5, 0.6) is 0 Å². The Labute approximate surface area is 119 Å². The van der Waals surface area contributed by atoms with Gasteiger partial charge in [0.15, 0.2) is 0 Å². The van der Waals surface area contributed by atoms with Crippen LogP contribution in [-0.4, -0.2) is 28.2 Å². The van der Waals surface area contributed by atoms with E-state index < -0.39 is 15.8 Å². The number of sulfonamides is 1. The summed E-state index contributed by atoms with van der Waals surface area (Å²) in [6.45, 7) is 3.42. The van der Waals surface area contributed by atoms with Crippen molar-refractivity contribution in [2.45, 2.75) is 31.2 Å². The van der Waals surface area contributed by atoms with Gasteiger partial charge < -0.3 is 10.5 Å². The first-order valence-corrected chi connectivity index (χ1v) is 8.05. The third kappa shape index (κ3) is 5.16. The molecule has 0 aliphatic rings. The summed E-state index contributed by atoms with van der Waals surface area (Å²) in [5, 5.41) is 0. The molecule has 0 atom stereocenters. The molecule has 0 fully saturated rings. The maximum Gasteiger partial charge on any atom is 0.240 e. The van der Waals surface area contributed by atoms with Gasteiger partial charge in [-0.1, -0.05) is 6.92 Å². The Kier molecular flexibility index (Phi) is 7.08. The third-order valence-corrected chi connectivity index (χ3v) is 4.11. The zero-order valence-electron chi connectivity index (χ0n) is 11.6. The van der Waals surface area contributed by atoms with Crippen LogP contribution in [0.3, 0.4) is 0 Å². The molecule has 0 spiro atoms. The van der Waals surface area contributed by atoms with Crippen molar-refractivity contribution in [3.63, 3.8) is 0 Å². The summed E-state index contributed by atoms with van der Waals surface area (Å²) in [5.41, 5.74) is 5.54. The highest BCUT2D eigenvalue weighted by Crippen LogP contribution is 2.14. The zero-order valence-corrected chi connectivity index (χ0v) is 12.4. The van der Waals surface area contributed by atoms with Gasteiger partial charge in [0.1, 0.15) is 5.82 Å². The van der Waals surface area contributed by atoms with Crippen molar-refractivity contribution in [3.05, 3.63) is 29.6 Å². The van der Waals surface area contributed by atoms with Crippen LogP contribution in [0.4, 0.5) is 4.39 Å². The fourth-order valence-electron chi connectivity index (χ4n) is 1.59. The minimum Gasteiger partial charge on any atom is -0.381 e. The first-order valence-electron chi connectivity index (χ1n) is 6.57. The van der Waals surface area contributed by atoms with Crippen molar-refractivity contribution in [1.29, 1.82) is 0 Å². The first-order chi connectivity index (χ1) is 9.51. The number of hydrogen-bond acceptors (Lipinski definition) is 4. The summed E-state index contributed by atoms with van der Waals surface area (Å²) < 4.78 is 44.9. The molecule has 0 unspecified atom stereocenters. The molecule has 0 amide bonds. The second-order valence-electron chi connectivity index (χ2n) is 4.32. The molecule has 3 N–H and O–H groups in total. The largest absolute Gasteiger partial charge is 0.381 e. The van der Waals surface area contributed by atoms with Crippen LogP contribution in [0, 0.1) is 5.82 Å². The van der Waals surface area contributed by atoms with Crippen LogP contribution in [0.25, 0.3) is 0 Å². The van der Waals surface area contributed by atoms with Gasteiger partial charge in [-0.25, -0.2) is 17.5 Å². The molecule has 0 aliphatic carbocycles. The highest BCUT2D eigenvalue weighted by Gasteiger charge is 2.15. The highest BCUT2D eigenvalue weighted by molar-refractivity contribution is 7.89. The fraction of sp³-hybridized carbons (Fsp3) is 0.538. The molecule has 1 aromatic carbocycles. The lowest BCUT2D eigenvalue weighted by Crippen LogP contribution is -2.26. The lowest BCUT2D eigenvalue weighted by Gasteiger charge is -2.08. The molecular formula is C13H21FN2O3S. The molecular weight excluding hydrogens is 283 g/mol. The van der Waals surface area contributed by atoms with E-state index in [1.165, 1.54) is 12.1 Å². The third-order valence-electron chi connectivity index (χ3n) is 2.65. The van der Waals surface area contributed by atoms with E-state index in [4.69, 9.17) is 10.5 Å². The van der Waals surface area contributed by atoms with Crippen molar-refractivity contribution in [3.8, 4) is 0 Å². The molecule has 20 heavy (non-hydrogen) atoms. The maximum atomic E-state index is 13.3. The second kappa shape index (κ2) is 8.31. The van der Waals surface area contributed by atoms with Crippen LogP contribution in [0.2, 0.25) is 0 Å². The van der Waals surface area contributed by atoms with Crippen molar-refractivity contribution >= 4 is 10.0 Å². The van der Waals surface area contributed by atoms with Crippen LogP contribution < -0.4 is 10.5 Å². The van der Waals surface area contributed by atoms with Crippen molar-refractivity contribution in [2.75, 3.05) is 19.8 Å². The maximum absolute atomic E-state index is 13.3. The van der Waals surface area contributed by atoms with Crippen LogP contribution in [0.15, 0.2) is 23.1 Å². The second-order valence-corrected chi connectivity index (χ2v) is 6.09. The Bertz CT molecular complexity index is 520. The van der Waals surface area contributed by atoms with E-state index in [9.17, 15) is 12.8 Å². The van der Waals surface area contributed by atoms with Gasteiger partial charge in [0, 0.05) is 31.9 Å². The van der Waals surface area contributed by atoms with E-state index in [-0.39, 0.29) is 23.5 Å². The molecule has 0 aliphatic heterocycles. The fourth-order valence-corrected chi connectivity index (χ4v) is 2.71. The van der Waals surface area contributed by atoms with Crippen LogP contribution in [-0.2, 0) is 21.3 Å². The van der Waals surface area contributed by atoms with E-state index in [0.717, 1.165) is 12.5 Å². The van der Waals surface area contributed by atoms with E-state index in [1.807, 2.05) is 6.92 Å². The summed E-state index contributed by atoms with van der Waals surface area (Å²) in [4.78, 5) is 0.0221. The average molecular weight is 304 g/mol. The van der Waals surface area contributed by atoms with Crippen molar-refractivity contribution in [2.24, 2.45) is 5.73 Å². The van der Waals surface area contributed by atoms with E-state index in [0.29, 0.717) is 19.6 Å². The first kappa shape index (κ1) is 17.0. The summed E-state index contributed by atoms with van der Waals surface area (Å²) >= 11 is 0. The molecule has 0 aromatic heterocycles. The molecule has 1 rings (SSSR count). The lowest BCUT2D eigenvalue weighted by atomic mass is 10.2. The minimum absolute atomic E-state index is 0.0221. The molecule has 0 radical (unpaired) electrons. The molecule has 0 saturated carbocycles. The molecule has 0 bridgehead atoms. The number of ether oxygens (including phenoxy) is 1.